The van der Waals surface area contributed by atoms with E-state index in [1.165, 1.54) is 0 Å². The third-order valence-electron chi connectivity index (χ3n) is 1.85. The smallest absolute Gasteiger partial charge is 0.133 e. The van der Waals surface area contributed by atoms with Crippen molar-refractivity contribution in [2.75, 3.05) is 13.2 Å². The van der Waals surface area contributed by atoms with Gasteiger partial charge < -0.3 is 9.47 Å². The summed E-state index contributed by atoms with van der Waals surface area (Å²) in [6, 6.07) is 7.30. The Hall–Kier alpha value is -1.05. The molecule has 86 valence electrons. The van der Waals surface area contributed by atoms with Crippen LogP contribution in [0.25, 0.3) is 0 Å². The fourth-order valence-electron chi connectivity index (χ4n) is 1.12. The van der Waals surface area contributed by atoms with Crippen LogP contribution in [0.15, 0.2) is 22.7 Å². The van der Waals surface area contributed by atoms with Crippen LogP contribution in [0, 0.1) is 11.3 Å². The maximum Gasteiger partial charge on any atom is 0.133 e. The first-order valence-corrected chi connectivity index (χ1v) is 5.87. The van der Waals surface area contributed by atoms with Gasteiger partial charge in [-0.15, -0.1) is 0 Å². The molecule has 1 aromatic rings. The van der Waals surface area contributed by atoms with Crippen molar-refractivity contribution >= 4 is 15.9 Å². The van der Waals surface area contributed by atoms with Crippen LogP contribution in [0.4, 0.5) is 0 Å². The van der Waals surface area contributed by atoms with Gasteiger partial charge in [-0.3, -0.25) is 0 Å². The van der Waals surface area contributed by atoms with Gasteiger partial charge in [0.1, 0.15) is 12.4 Å². The molecule has 0 saturated heterocycles. The Morgan fingerprint density at radius 3 is 2.69 bits per heavy atom. The van der Waals surface area contributed by atoms with Crippen LogP contribution in [0.5, 0.6) is 5.75 Å². The van der Waals surface area contributed by atoms with Gasteiger partial charge in [0.25, 0.3) is 0 Å². The predicted octanol–water partition coefficient (Wildman–Crippen LogP) is 3.12. The third kappa shape index (κ3) is 4.21. The zero-order chi connectivity index (χ0) is 12.0. The Morgan fingerprint density at radius 2 is 2.12 bits per heavy atom. The standard InChI is InChI=1S/C12H14BrNO2/c1-9(2)15-5-6-16-12-4-3-10(8-14)7-11(12)13/h3-4,7,9H,5-6H2,1-2H3. The highest BCUT2D eigenvalue weighted by atomic mass is 79.9. The summed E-state index contributed by atoms with van der Waals surface area (Å²) < 4.78 is 11.6. The molecule has 0 aromatic heterocycles. The zero-order valence-electron chi connectivity index (χ0n) is 9.37. The SMILES string of the molecule is CC(C)OCCOc1ccc(C#N)cc1Br. The van der Waals surface area contributed by atoms with Crippen molar-refractivity contribution in [3.8, 4) is 11.8 Å². The van der Waals surface area contributed by atoms with Crippen LogP contribution in [0.2, 0.25) is 0 Å². The Labute approximate surface area is 104 Å². The second kappa shape index (κ2) is 6.51. The fourth-order valence-corrected chi connectivity index (χ4v) is 1.62. The molecule has 0 radical (unpaired) electrons. The van der Waals surface area contributed by atoms with E-state index < -0.39 is 0 Å². The molecular formula is C12H14BrNO2. The Kier molecular flexibility index (Phi) is 5.30. The monoisotopic (exact) mass is 283 g/mol. The van der Waals surface area contributed by atoms with Gasteiger partial charge in [0.05, 0.1) is 28.8 Å². The summed E-state index contributed by atoms with van der Waals surface area (Å²) >= 11 is 3.35. The van der Waals surface area contributed by atoms with E-state index in [1.807, 2.05) is 13.8 Å². The number of hydrogen-bond donors (Lipinski definition) is 0. The lowest BCUT2D eigenvalue weighted by Gasteiger charge is -2.10. The summed E-state index contributed by atoms with van der Waals surface area (Å²) in [6.07, 6.45) is 0.216. The number of hydrogen-bond acceptors (Lipinski definition) is 3. The molecule has 0 aliphatic rings. The molecule has 0 unspecified atom stereocenters. The van der Waals surface area contributed by atoms with Crippen LogP contribution in [-0.4, -0.2) is 19.3 Å². The van der Waals surface area contributed by atoms with Gasteiger partial charge in [0.2, 0.25) is 0 Å². The number of ether oxygens (including phenoxy) is 2. The van der Waals surface area contributed by atoms with E-state index in [2.05, 4.69) is 22.0 Å². The Bertz CT molecular complexity index is 385. The first kappa shape index (κ1) is 13.0. The Balaban J connectivity index is 2.46. The summed E-state index contributed by atoms with van der Waals surface area (Å²) in [6.45, 7) is 5.03. The van der Waals surface area contributed by atoms with Gasteiger partial charge in [0, 0.05) is 0 Å². The van der Waals surface area contributed by atoms with Crippen LogP contribution in [0.3, 0.4) is 0 Å². The number of benzene rings is 1. The third-order valence-corrected chi connectivity index (χ3v) is 2.47. The topological polar surface area (TPSA) is 42.2 Å². The fraction of sp³-hybridized carbons (Fsp3) is 0.417. The van der Waals surface area contributed by atoms with E-state index in [1.54, 1.807) is 18.2 Å². The highest BCUT2D eigenvalue weighted by Gasteiger charge is 2.02. The summed E-state index contributed by atoms with van der Waals surface area (Å²) in [5.41, 5.74) is 0.609. The molecule has 0 heterocycles. The largest absolute Gasteiger partial charge is 0.490 e. The minimum atomic E-state index is 0.216. The first-order chi connectivity index (χ1) is 7.63. The van der Waals surface area contributed by atoms with Crippen molar-refractivity contribution in [3.05, 3.63) is 28.2 Å². The van der Waals surface area contributed by atoms with Crippen molar-refractivity contribution < 1.29 is 9.47 Å². The van der Waals surface area contributed by atoms with Gasteiger partial charge >= 0.3 is 0 Å². The van der Waals surface area contributed by atoms with Gasteiger partial charge in [0.15, 0.2) is 0 Å². The van der Waals surface area contributed by atoms with E-state index in [0.29, 0.717) is 18.8 Å². The minimum Gasteiger partial charge on any atom is -0.490 e. The van der Waals surface area contributed by atoms with Crippen LogP contribution in [0.1, 0.15) is 19.4 Å². The molecule has 0 N–H and O–H groups in total. The highest BCUT2D eigenvalue weighted by Crippen LogP contribution is 2.25. The normalized spacial score (nSPS) is 10.2. The maximum absolute atomic E-state index is 8.70. The van der Waals surface area contributed by atoms with E-state index in [-0.39, 0.29) is 6.10 Å². The molecular weight excluding hydrogens is 270 g/mol. The summed E-state index contributed by atoms with van der Waals surface area (Å²) in [5, 5.41) is 8.70. The molecule has 4 heteroatoms. The van der Waals surface area contributed by atoms with E-state index in [4.69, 9.17) is 14.7 Å². The van der Waals surface area contributed by atoms with Crippen molar-refractivity contribution in [2.24, 2.45) is 0 Å². The molecule has 0 amide bonds. The lowest BCUT2D eigenvalue weighted by Crippen LogP contribution is -2.11. The maximum atomic E-state index is 8.70. The van der Waals surface area contributed by atoms with E-state index in [9.17, 15) is 0 Å². The molecule has 0 saturated carbocycles. The second-order valence-electron chi connectivity index (χ2n) is 3.53. The number of rotatable bonds is 5. The summed E-state index contributed by atoms with van der Waals surface area (Å²) in [5.74, 6) is 0.728. The molecule has 1 rings (SSSR count). The number of nitrogens with zero attached hydrogens (tertiary/aromatic N) is 1. The van der Waals surface area contributed by atoms with Crippen molar-refractivity contribution in [1.82, 2.24) is 0 Å². The lowest BCUT2D eigenvalue weighted by molar-refractivity contribution is 0.0551. The minimum absolute atomic E-state index is 0.216. The van der Waals surface area contributed by atoms with Crippen molar-refractivity contribution in [2.45, 2.75) is 20.0 Å². The van der Waals surface area contributed by atoms with E-state index >= 15 is 0 Å². The predicted molar refractivity (Wildman–Crippen MR) is 65.4 cm³/mol. The Morgan fingerprint density at radius 1 is 1.38 bits per heavy atom. The van der Waals surface area contributed by atoms with Crippen LogP contribution >= 0.6 is 15.9 Å². The summed E-state index contributed by atoms with van der Waals surface area (Å²) in [4.78, 5) is 0. The average molecular weight is 284 g/mol. The van der Waals surface area contributed by atoms with Crippen molar-refractivity contribution in [3.63, 3.8) is 0 Å². The second-order valence-corrected chi connectivity index (χ2v) is 4.38. The average Bonchev–Trinajstić information content (AvgIpc) is 2.25. The zero-order valence-corrected chi connectivity index (χ0v) is 11.0. The molecule has 1 aromatic carbocycles. The van der Waals surface area contributed by atoms with E-state index in [0.717, 1.165) is 10.2 Å². The molecule has 0 atom stereocenters. The van der Waals surface area contributed by atoms with Gasteiger partial charge in [-0.2, -0.15) is 5.26 Å². The molecule has 3 nitrogen and oxygen atoms in total. The number of halogens is 1. The molecule has 0 bridgehead atoms. The summed E-state index contributed by atoms with van der Waals surface area (Å²) in [7, 11) is 0. The number of nitriles is 1. The molecule has 0 aliphatic heterocycles. The lowest BCUT2D eigenvalue weighted by atomic mass is 10.2. The highest BCUT2D eigenvalue weighted by molar-refractivity contribution is 9.10. The van der Waals surface area contributed by atoms with Crippen LogP contribution < -0.4 is 4.74 Å². The molecule has 0 aliphatic carbocycles. The quantitative estimate of drug-likeness (QED) is 0.780. The van der Waals surface area contributed by atoms with Gasteiger partial charge in [-0.1, -0.05) is 0 Å². The van der Waals surface area contributed by atoms with Crippen molar-refractivity contribution in [1.29, 1.82) is 5.26 Å². The molecule has 0 spiro atoms. The molecule has 0 fully saturated rings. The van der Waals surface area contributed by atoms with Gasteiger partial charge in [-0.25, -0.2) is 0 Å². The molecule has 16 heavy (non-hydrogen) atoms. The first-order valence-electron chi connectivity index (χ1n) is 5.07. The van der Waals surface area contributed by atoms with Gasteiger partial charge in [-0.05, 0) is 48.0 Å². The van der Waals surface area contributed by atoms with Crippen LogP contribution in [-0.2, 0) is 4.74 Å².